The van der Waals surface area contributed by atoms with E-state index in [1.54, 1.807) is 7.11 Å². The van der Waals surface area contributed by atoms with Crippen LogP contribution in [0.3, 0.4) is 0 Å². The number of methoxy groups -OCH3 is 1. The number of hydrogen-bond acceptors (Lipinski definition) is 7. The monoisotopic (exact) mass is 316 g/mol. The number of amides is 1. The molecule has 120 valence electrons. The maximum absolute atomic E-state index is 12.2. The Balaban J connectivity index is 2.77. The molecule has 0 aliphatic heterocycles. The number of nitrogens with zero attached hydrogens (tertiary/aromatic N) is 1. The molecule has 1 heterocycles. The lowest BCUT2D eigenvalue weighted by molar-refractivity contribution is 0.0883. The Morgan fingerprint density at radius 2 is 2.19 bits per heavy atom. The standard InChI is InChI=1S/C13H24N4O3S/c1-13(2,3)17-12-16-10(14)9(21-12)11(19)15-8(5-6-18)7-20-4/h8,18H,5-7,14H2,1-4H3,(H,15,19)(H,16,17). The first kappa shape index (κ1) is 17.7. The molecule has 0 spiro atoms. The summed E-state index contributed by atoms with van der Waals surface area (Å²) in [6.07, 6.45) is 0.422. The average molecular weight is 316 g/mol. The van der Waals surface area contributed by atoms with Gasteiger partial charge in [0.1, 0.15) is 10.7 Å². The Morgan fingerprint density at radius 3 is 2.71 bits per heavy atom. The van der Waals surface area contributed by atoms with Gasteiger partial charge in [-0.15, -0.1) is 0 Å². The number of aliphatic hydroxyl groups is 1. The lowest BCUT2D eigenvalue weighted by Crippen LogP contribution is -2.38. The van der Waals surface area contributed by atoms with Crippen LogP contribution in [0.25, 0.3) is 0 Å². The van der Waals surface area contributed by atoms with Gasteiger partial charge in [-0.1, -0.05) is 11.3 Å². The number of rotatable bonds is 7. The SMILES string of the molecule is COCC(CCO)NC(=O)c1sc(NC(C)(C)C)nc1N. The van der Waals surface area contributed by atoms with Gasteiger partial charge >= 0.3 is 0 Å². The number of anilines is 2. The first-order valence-electron chi connectivity index (χ1n) is 6.72. The summed E-state index contributed by atoms with van der Waals surface area (Å²) in [4.78, 5) is 16.7. The van der Waals surface area contributed by atoms with Crippen LogP contribution in [0.4, 0.5) is 10.9 Å². The number of nitrogens with one attached hydrogen (secondary N) is 2. The highest BCUT2D eigenvalue weighted by Crippen LogP contribution is 2.27. The third kappa shape index (κ3) is 5.86. The van der Waals surface area contributed by atoms with Gasteiger partial charge in [0.15, 0.2) is 5.13 Å². The molecule has 8 heteroatoms. The van der Waals surface area contributed by atoms with Crippen molar-refractivity contribution in [2.45, 2.75) is 38.8 Å². The van der Waals surface area contributed by atoms with Crippen molar-refractivity contribution in [3.05, 3.63) is 4.88 Å². The maximum atomic E-state index is 12.2. The highest BCUT2D eigenvalue weighted by Gasteiger charge is 2.21. The molecule has 0 aliphatic carbocycles. The van der Waals surface area contributed by atoms with Crippen molar-refractivity contribution in [2.24, 2.45) is 0 Å². The van der Waals surface area contributed by atoms with E-state index in [1.807, 2.05) is 20.8 Å². The number of hydrogen-bond donors (Lipinski definition) is 4. The first-order chi connectivity index (χ1) is 9.76. The van der Waals surface area contributed by atoms with Crippen LogP contribution in [0.1, 0.15) is 36.9 Å². The van der Waals surface area contributed by atoms with E-state index in [0.717, 1.165) is 0 Å². The van der Waals surface area contributed by atoms with Gasteiger partial charge in [-0.25, -0.2) is 4.98 Å². The Labute approximate surface area is 128 Å². The van der Waals surface area contributed by atoms with Crippen LogP contribution in [-0.2, 0) is 4.74 Å². The smallest absolute Gasteiger partial charge is 0.265 e. The van der Waals surface area contributed by atoms with E-state index in [4.69, 9.17) is 15.6 Å². The Bertz CT molecular complexity index is 464. The number of ether oxygens (including phenoxy) is 1. The highest BCUT2D eigenvalue weighted by atomic mass is 32.1. The van der Waals surface area contributed by atoms with Crippen molar-refractivity contribution in [2.75, 3.05) is 31.4 Å². The van der Waals surface area contributed by atoms with Crippen molar-refractivity contribution in [1.82, 2.24) is 10.3 Å². The molecule has 1 aromatic rings. The summed E-state index contributed by atoms with van der Waals surface area (Å²) >= 11 is 1.21. The van der Waals surface area contributed by atoms with Crippen molar-refractivity contribution in [3.8, 4) is 0 Å². The van der Waals surface area contributed by atoms with Gasteiger partial charge in [-0.2, -0.15) is 0 Å². The van der Waals surface area contributed by atoms with Crippen molar-refractivity contribution < 1.29 is 14.6 Å². The third-order valence-electron chi connectivity index (χ3n) is 2.52. The molecule has 1 rings (SSSR count). The summed E-state index contributed by atoms with van der Waals surface area (Å²) in [7, 11) is 1.54. The number of thiazole rings is 1. The molecule has 1 atom stereocenters. The molecule has 0 saturated heterocycles. The minimum atomic E-state index is -0.303. The summed E-state index contributed by atoms with van der Waals surface area (Å²) in [6, 6.07) is -0.256. The second kappa shape index (κ2) is 7.58. The van der Waals surface area contributed by atoms with E-state index < -0.39 is 0 Å². The molecule has 0 saturated carbocycles. The average Bonchev–Trinajstić information content (AvgIpc) is 2.68. The number of nitrogen functional groups attached to an aromatic ring is 1. The predicted octanol–water partition coefficient (Wildman–Crippen LogP) is 1.06. The van der Waals surface area contributed by atoms with E-state index >= 15 is 0 Å². The first-order valence-corrected chi connectivity index (χ1v) is 7.53. The van der Waals surface area contributed by atoms with Crippen LogP contribution >= 0.6 is 11.3 Å². The Hall–Kier alpha value is -1.38. The molecule has 5 N–H and O–H groups in total. The molecule has 1 unspecified atom stereocenters. The van der Waals surface area contributed by atoms with Gasteiger partial charge in [0.25, 0.3) is 5.91 Å². The Kier molecular flexibility index (Phi) is 6.38. The summed E-state index contributed by atoms with van der Waals surface area (Å²) in [5.74, 6) is -0.105. The van der Waals surface area contributed by atoms with Gasteiger partial charge < -0.3 is 26.2 Å². The van der Waals surface area contributed by atoms with Crippen molar-refractivity contribution >= 4 is 28.2 Å². The van der Waals surface area contributed by atoms with E-state index in [9.17, 15) is 4.79 Å². The number of nitrogens with two attached hydrogens (primary N) is 1. The topological polar surface area (TPSA) is 110 Å². The van der Waals surface area contributed by atoms with Gasteiger partial charge in [0, 0.05) is 19.3 Å². The normalized spacial score (nSPS) is 13.0. The van der Waals surface area contributed by atoms with Crippen LogP contribution in [0.15, 0.2) is 0 Å². The van der Waals surface area contributed by atoms with Crippen LogP contribution in [-0.4, -0.2) is 47.9 Å². The minimum Gasteiger partial charge on any atom is -0.396 e. The summed E-state index contributed by atoms with van der Waals surface area (Å²) in [5, 5.41) is 15.6. The molecule has 21 heavy (non-hydrogen) atoms. The molecular weight excluding hydrogens is 292 g/mol. The predicted molar refractivity (Wildman–Crippen MR) is 84.7 cm³/mol. The molecule has 0 bridgehead atoms. The number of aromatic nitrogens is 1. The molecule has 0 aliphatic rings. The van der Waals surface area contributed by atoms with Gasteiger partial charge in [-0.3, -0.25) is 4.79 Å². The molecular formula is C13H24N4O3S. The summed E-state index contributed by atoms with van der Waals surface area (Å²) < 4.78 is 5.01. The Morgan fingerprint density at radius 1 is 1.52 bits per heavy atom. The number of aliphatic hydroxyl groups excluding tert-OH is 1. The van der Waals surface area contributed by atoms with Gasteiger partial charge in [-0.05, 0) is 27.2 Å². The molecule has 1 amide bonds. The molecule has 0 radical (unpaired) electrons. The lowest BCUT2D eigenvalue weighted by Gasteiger charge is -2.19. The zero-order chi connectivity index (χ0) is 16.0. The van der Waals surface area contributed by atoms with Crippen LogP contribution in [0.5, 0.6) is 0 Å². The number of carbonyl (C=O) groups excluding carboxylic acids is 1. The fourth-order valence-electron chi connectivity index (χ4n) is 1.67. The third-order valence-corrected chi connectivity index (χ3v) is 3.51. The molecule has 0 fully saturated rings. The zero-order valence-electron chi connectivity index (χ0n) is 12.9. The summed E-state index contributed by atoms with van der Waals surface area (Å²) in [5.41, 5.74) is 5.64. The van der Waals surface area contributed by atoms with Crippen LogP contribution in [0.2, 0.25) is 0 Å². The maximum Gasteiger partial charge on any atom is 0.265 e. The molecule has 7 nitrogen and oxygen atoms in total. The number of carbonyl (C=O) groups is 1. The zero-order valence-corrected chi connectivity index (χ0v) is 13.7. The van der Waals surface area contributed by atoms with Crippen molar-refractivity contribution in [3.63, 3.8) is 0 Å². The van der Waals surface area contributed by atoms with E-state index in [-0.39, 0.29) is 29.9 Å². The van der Waals surface area contributed by atoms with Crippen molar-refractivity contribution in [1.29, 1.82) is 0 Å². The highest BCUT2D eigenvalue weighted by molar-refractivity contribution is 7.18. The lowest BCUT2D eigenvalue weighted by atomic mass is 10.1. The molecule has 0 aromatic carbocycles. The fourth-order valence-corrected chi connectivity index (χ4v) is 2.67. The van der Waals surface area contributed by atoms with Crippen LogP contribution < -0.4 is 16.4 Å². The van der Waals surface area contributed by atoms with Crippen LogP contribution in [0, 0.1) is 0 Å². The minimum absolute atomic E-state index is 0.0245. The molecule has 1 aromatic heterocycles. The fraction of sp³-hybridized carbons (Fsp3) is 0.692. The summed E-state index contributed by atoms with van der Waals surface area (Å²) in [6.45, 7) is 6.31. The second-order valence-corrected chi connectivity index (χ2v) is 6.75. The van der Waals surface area contributed by atoms with E-state index in [2.05, 4.69) is 15.6 Å². The second-order valence-electron chi connectivity index (χ2n) is 5.75. The van der Waals surface area contributed by atoms with E-state index in [1.165, 1.54) is 11.3 Å². The quantitative estimate of drug-likeness (QED) is 0.599. The van der Waals surface area contributed by atoms with Gasteiger partial charge in [0.2, 0.25) is 0 Å². The van der Waals surface area contributed by atoms with Gasteiger partial charge in [0.05, 0.1) is 12.6 Å². The largest absolute Gasteiger partial charge is 0.396 e. The van der Waals surface area contributed by atoms with E-state index in [0.29, 0.717) is 23.0 Å².